The van der Waals surface area contributed by atoms with Crippen LogP contribution >= 0.6 is 0 Å². The Morgan fingerprint density at radius 2 is 2.28 bits per heavy atom. The average Bonchev–Trinajstić information content (AvgIpc) is 2.35. The van der Waals surface area contributed by atoms with Gasteiger partial charge in [0.15, 0.2) is 0 Å². The van der Waals surface area contributed by atoms with Crippen LogP contribution in [0, 0.1) is 18.3 Å². The molecule has 0 amide bonds. The van der Waals surface area contributed by atoms with Gasteiger partial charge in [-0.2, -0.15) is 5.26 Å². The van der Waals surface area contributed by atoms with Crippen LogP contribution in [0.4, 0.5) is 5.82 Å². The lowest BCUT2D eigenvalue weighted by atomic mass is 10.2. The number of rotatable bonds is 5. The van der Waals surface area contributed by atoms with Gasteiger partial charge in [0.25, 0.3) is 0 Å². The van der Waals surface area contributed by atoms with E-state index in [9.17, 15) is 4.79 Å². The maximum atomic E-state index is 11.2. The predicted molar refractivity (Wildman–Crippen MR) is 68.2 cm³/mol. The number of ether oxygens (including phenoxy) is 1. The third-order valence-corrected chi connectivity index (χ3v) is 2.42. The van der Waals surface area contributed by atoms with Crippen LogP contribution in [0.5, 0.6) is 0 Å². The van der Waals surface area contributed by atoms with E-state index in [1.165, 1.54) is 0 Å². The highest BCUT2D eigenvalue weighted by Gasteiger charge is 2.08. The van der Waals surface area contributed by atoms with Crippen molar-refractivity contribution in [2.45, 2.75) is 20.3 Å². The second-order valence-corrected chi connectivity index (χ2v) is 3.94. The van der Waals surface area contributed by atoms with Crippen molar-refractivity contribution in [3.05, 3.63) is 23.4 Å². The summed E-state index contributed by atoms with van der Waals surface area (Å²) in [5.74, 6) is 0.466. The number of hydrogen-bond donors (Lipinski definition) is 0. The van der Waals surface area contributed by atoms with Gasteiger partial charge in [0.1, 0.15) is 5.82 Å². The van der Waals surface area contributed by atoms with E-state index in [2.05, 4.69) is 11.1 Å². The molecular weight excluding hydrogens is 230 g/mol. The molecule has 0 unspecified atom stereocenters. The lowest BCUT2D eigenvalue weighted by Crippen LogP contribution is -2.23. The first-order valence-electron chi connectivity index (χ1n) is 5.82. The van der Waals surface area contributed by atoms with Gasteiger partial charge in [-0.05, 0) is 26.0 Å². The van der Waals surface area contributed by atoms with Crippen LogP contribution in [0.3, 0.4) is 0 Å². The van der Waals surface area contributed by atoms with Crippen LogP contribution in [-0.4, -0.2) is 31.2 Å². The Labute approximate surface area is 107 Å². The molecule has 5 heteroatoms. The lowest BCUT2D eigenvalue weighted by molar-refractivity contribution is -0.142. The third-order valence-electron chi connectivity index (χ3n) is 2.42. The highest BCUT2D eigenvalue weighted by molar-refractivity contribution is 5.70. The third kappa shape index (κ3) is 4.06. The van der Waals surface area contributed by atoms with Crippen molar-refractivity contribution >= 4 is 11.8 Å². The van der Waals surface area contributed by atoms with Crippen molar-refractivity contribution in [3.8, 4) is 6.07 Å². The highest BCUT2D eigenvalue weighted by atomic mass is 16.5. The fourth-order valence-corrected chi connectivity index (χ4v) is 1.52. The standard InChI is InChI=1S/C13H17N3O2/c1-4-18-13(17)5-6-16(3)12-8-11(9-14)7-10(2)15-12/h7-8H,4-6H2,1-3H3. The van der Waals surface area contributed by atoms with Gasteiger partial charge in [-0.15, -0.1) is 0 Å². The Morgan fingerprint density at radius 1 is 1.56 bits per heavy atom. The molecule has 0 bridgehead atoms. The van der Waals surface area contributed by atoms with Gasteiger partial charge in [0.05, 0.1) is 24.7 Å². The number of nitriles is 1. The molecule has 0 spiro atoms. The molecule has 0 fully saturated rings. The second kappa shape index (κ2) is 6.60. The van der Waals surface area contributed by atoms with Gasteiger partial charge in [0, 0.05) is 19.3 Å². The largest absolute Gasteiger partial charge is 0.466 e. The number of pyridine rings is 1. The van der Waals surface area contributed by atoms with Gasteiger partial charge in [0.2, 0.25) is 0 Å². The Kier molecular flexibility index (Phi) is 5.12. The Hall–Kier alpha value is -2.09. The summed E-state index contributed by atoms with van der Waals surface area (Å²) in [7, 11) is 1.84. The van der Waals surface area contributed by atoms with Gasteiger partial charge >= 0.3 is 5.97 Å². The lowest BCUT2D eigenvalue weighted by Gasteiger charge is -2.18. The Morgan fingerprint density at radius 3 is 2.89 bits per heavy atom. The van der Waals surface area contributed by atoms with E-state index in [0.29, 0.717) is 31.0 Å². The number of aryl methyl sites for hydroxylation is 1. The maximum Gasteiger partial charge on any atom is 0.307 e. The van der Waals surface area contributed by atoms with E-state index in [1.54, 1.807) is 19.1 Å². The minimum Gasteiger partial charge on any atom is -0.466 e. The van der Waals surface area contributed by atoms with Crippen molar-refractivity contribution in [2.24, 2.45) is 0 Å². The first-order chi connectivity index (χ1) is 8.56. The molecule has 1 rings (SSSR count). The van der Waals surface area contributed by atoms with Gasteiger partial charge in [-0.1, -0.05) is 0 Å². The van der Waals surface area contributed by atoms with Gasteiger partial charge < -0.3 is 9.64 Å². The zero-order valence-electron chi connectivity index (χ0n) is 10.9. The van der Waals surface area contributed by atoms with Crippen LogP contribution in [0.25, 0.3) is 0 Å². The molecule has 18 heavy (non-hydrogen) atoms. The fourth-order valence-electron chi connectivity index (χ4n) is 1.52. The van der Waals surface area contributed by atoms with Crippen molar-refractivity contribution in [1.82, 2.24) is 4.98 Å². The number of nitrogens with zero attached hydrogens (tertiary/aromatic N) is 3. The first-order valence-corrected chi connectivity index (χ1v) is 5.82. The number of carbonyl (C=O) groups is 1. The zero-order chi connectivity index (χ0) is 13.5. The normalized spacial score (nSPS) is 9.67. The molecule has 1 aromatic heterocycles. The van der Waals surface area contributed by atoms with Gasteiger partial charge in [-0.25, -0.2) is 4.98 Å². The van der Waals surface area contributed by atoms with E-state index in [1.807, 2.05) is 18.9 Å². The highest BCUT2D eigenvalue weighted by Crippen LogP contribution is 2.13. The molecule has 5 nitrogen and oxygen atoms in total. The summed E-state index contributed by atoms with van der Waals surface area (Å²) in [6.45, 7) is 4.52. The second-order valence-electron chi connectivity index (χ2n) is 3.94. The minimum absolute atomic E-state index is 0.225. The van der Waals surface area contributed by atoms with Crippen molar-refractivity contribution in [2.75, 3.05) is 25.1 Å². The molecule has 0 aliphatic rings. The number of anilines is 1. The molecule has 0 saturated heterocycles. The summed E-state index contributed by atoms with van der Waals surface area (Å²) in [5.41, 5.74) is 1.35. The molecule has 0 aliphatic carbocycles. The van der Waals surface area contributed by atoms with E-state index in [0.717, 1.165) is 5.69 Å². The number of hydrogen-bond acceptors (Lipinski definition) is 5. The molecule has 1 heterocycles. The first kappa shape index (κ1) is 14.0. The van der Waals surface area contributed by atoms with Crippen LogP contribution in [0.1, 0.15) is 24.6 Å². The average molecular weight is 247 g/mol. The molecule has 0 aromatic carbocycles. The summed E-state index contributed by atoms with van der Waals surface area (Å²) in [6, 6.07) is 5.52. The maximum absolute atomic E-state index is 11.2. The summed E-state index contributed by atoms with van der Waals surface area (Å²) in [4.78, 5) is 17.4. The monoisotopic (exact) mass is 247 g/mol. The fraction of sp³-hybridized carbons (Fsp3) is 0.462. The molecule has 0 aliphatic heterocycles. The van der Waals surface area contributed by atoms with Crippen LogP contribution < -0.4 is 4.90 Å². The number of aromatic nitrogens is 1. The predicted octanol–water partition coefficient (Wildman–Crippen LogP) is 1.65. The van der Waals surface area contributed by atoms with Crippen molar-refractivity contribution in [3.63, 3.8) is 0 Å². The summed E-state index contributed by atoms with van der Waals surface area (Å²) in [5, 5.41) is 8.89. The van der Waals surface area contributed by atoms with Crippen LogP contribution in [0.2, 0.25) is 0 Å². The van der Waals surface area contributed by atoms with Gasteiger partial charge in [-0.3, -0.25) is 4.79 Å². The summed E-state index contributed by atoms with van der Waals surface area (Å²) < 4.78 is 4.86. The smallest absolute Gasteiger partial charge is 0.307 e. The summed E-state index contributed by atoms with van der Waals surface area (Å²) >= 11 is 0. The van der Waals surface area contributed by atoms with E-state index < -0.39 is 0 Å². The zero-order valence-corrected chi connectivity index (χ0v) is 10.9. The number of carbonyl (C=O) groups excluding carboxylic acids is 1. The summed E-state index contributed by atoms with van der Waals surface area (Å²) in [6.07, 6.45) is 0.307. The minimum atomic E-state index is -0.225. The van der Waals surface area contributed by atoms with Crippen molar-refractivity contribution < 1.29 is 9.53 Å². The molecule has 0 atom stereocenters. The topological polar surface area (TPSA) is 66.2 Å². The number of esters is 1. The molecule has 0 saturated carbocycles. The van der Waals surface area contributed by atoms with E-state index in [4.69, 9.17) is 10.00 Å². The molecule has 96 valence electrons. The van der Waals surface area contributed by atoms with E-state index in [-0.39, 0.29) is 5.97 Å². The SMILES string of the molecule is CCOC(=O)CCN(C)c1cc(C#N)cc(C)n1. The van der Waals surface area contributed by atoms with Crippen LogP contribution in [0.15, 0.2) is 12.1 Å². The van der Waals surface area contributed by atoms with Crippen molar-refractivity contribution in [1.29, 1.82) is 5.26 Å². The molecule has 0 N–H and O–H groups in total. The van der Waals surface area contributed by atoms with E-state index >= 15 is 0 Å². The molecular formula is C13H17N3O2. The quantitative estimate of drug-likeness (QED) is 0.740. The van der Waals surface area contributed by atoms with Crippen LogP contribution in [-0.2, 0) is 9.53 Å². The Balaban J connectivity index is 2.67. The Bertz CT molecular complexity index is 466. The molecule has 0 radical (unpaired) electrons. The molecule has 1 aromatic rings.